The number of ether oxygens (including phenoxy) is 2. The summed E-state index contributed by atoms with van der Waals surface area (Å²) in [5.41, 5.74) is 1.73. The molecule has 0 bridgehead atoms. The van der Waals surface area contributed by atoms with E-state index in [4.69, 9.17) is 19.6 Å². The highest BCUT2D eigenvalue weighted by Crippen LogP contribution is 2.47. The molecule has 0 saturated heterocycles. The summed E-state index contributed by atoms with van der Waals surface area (Å²) < 4.78 is 38.6. The van der Waals surface area contributed by atoms with E-state index < -0.39 is 21.5 Å². The number of carbonyl (C=O) groups excluding carboxylic acids is 1. The molecule has 1 N–H and O–H groups in total. The molecule has 4 aromatic rings. The Morgan fingerprint density at radius 2 is 1.58 bits per heavy atom. The first-order chi connectivity index (χ1) is 20.9. The maximum Gasteiger partial charge on any atom is 0.259 e. The Kier molecular flexibility index (Phi) is 8.01. The third-order valence-corrected chi connectivity index (χ3v) is 9.49. The first-order valence-electron chi connectivity index (χ1n) is 14.2. The van der Waals surface area contributed by atoms with Crippen LogP contribution in [-0.2, 0) is 25.8 Å². The van der Waals surface area contributed by atoms with Gasteiger partial charge < -0.3 is 19.5 Å². The van der Waals surface area contributed by atoms with E-state index in [1.807, 2.05) is 66.7 Å². The molecule has 0 aromatic heterocycles. The van der Waals surface area contributed by atoms with Crippen LogP contribution in [0.25, 0.3) is 0 Å². The summed E-state index contributed by atoms with van der Waals surface area (Å²) in [4.78, 5) is 21.4. The first-order valence-corrected chi connectivity index (χ1v) is 15.9. The first kappa shape index (κ1) is 28.6. The van der Waals surface area contributed by atoms with E-state index in [1.54, 1.807) is 47.4 Å². The number of aliphatic imine (C=N–C) groups is 1. The second-order valence-electron chi connectivity index (χ2n) is 10.6. The molecule has 6 rings (SSSR count). The van der Waals surface area contributed by atoms with E-state index in [0.717, 1.165) is 11.1 Å². The number of carbonyl (C=O) groups is 1. The molecule has 0 aliphatic carbocycles. The number of benzene rings is 4. The summed E-state index contributed by atoms with van der Waals surface area (Å²) >= 11 is 0. The van der Waals surface area contributed by atoms with Crippen molar-refractivity contribution < 1.29 is 27.8 Å². The number of amides is 1. The lowest BCUT2D eigenvalue weighted by Gasteiger charge is -2.40. The largest absolute Gasteiger partial charge is 0.494 e. The maximum atomic E-state index is 14.6. The molecule has 2 atom stereocenters. The number of rotatable bonds is 10. The van der Waals surface area contributed by atoms with Crippen LogP contribution in [0.4, 0.5) is 5.69 Å². The lowest BCUT2D eigenvalue weighted by atomic mass is 9.78. The number of hydrogen-bond donors (Lipinski definition) is 1. The van der Waals surface area contributed by atoms with E-state index in [9.17, 15) is 13.2 Å². The monoisotopic (exact) mass is 596 g/mol. The van der Waals surface area contributed by atoms with Crippen LogP contribution in [0.3, 0.4) is 0 Å². The topological polar surface area (TPSA) is 106 Å². The molecule has 0 radical (unpaired) electrons. The summed E-state index contributed by atoms with van der Waals surface area (Å²) in [5, 5.41) is 9.03. The quantitative estimate of drug-likeness (QED) is 0.265. The van der Waals surface area contributed by atoms with E-state index in [2.05, 4.69) is 0 Å². The number of para-hydroxylation sites is 1. The summed E-state index contributed by atoms with van der Waals surface area (Å²) in [6, 6.07) is 32.7. The SMILES string of the molecule is O=C1N(CCS(=O)(=O)c2ccccc2)c2ccccc2C[C@]12N=C(c1ccc(OCCCO)cc1)O[C@@H]2c1ccccc1. The summed E-state index contributed by atoms with van der Waals surface area (Å²) in [7, 11) is -3.64. The Morgan fingerprint density at radius 1 is 0.907 bits per heavy atom. The highest BCUT2D eigenvalue weighted by molar-refractivity contribution is 7.91. The van der Waals surface area contributed by atoms with Crippen LogP contribution < -0.4 is 9.64 Å². The average molecular weight is 597 g/mol. The number of aliphatic hydroxyl groups excluding tert-OH is 1. The van der Waals surface area contributed by atoms with Crippen molar-refractivity contribution in [3.05, 3.63) is 126 Å². The Bertz CT molecular complexity index is 1730. The smallest absolute Gasteiger partial charge is 0.259 e. The molecule has 2 heterocycles. The van der Waals surface area contributed by atoms with Crippen LogP contribution >= 0.6 is 0 Å². The summed E-state index contributed by atoms with van der Waals surface area (Å²) in [6.07, 6.45) is 0.110. The van der Waals surface area contributed by atoms with Crippen molar-refractivity contribution in [3.63, 3.8) is 0 Å². The van der Waals surface area contributed by atoms with Crippen molar-refractivity contribution in [1.82, 2.24) is 0 Å². The number of nitrogens with zero attached hydrogens (tertiary/aromatic N) is 2. The van der Waals surface area contributed by atoms with Gasteiger partial charge in [-0.25, -0.2) is 13.4 Å². The van der Waals surface area contributed by atoms with Crippen LogP contribution in [0.1, 0.15) is 29.2 Å². The predicted octanol–water partition coefficient (Wildman–Crippen LogP) is 4.77. The number of hydrogen-bond acceptors (Lipinski definition) is 7. The van der Waals surface area contributed by atoms with Gasteiger partial charge in [0.15, 0.2) is 21.5 Å². The highest BCUT2D eigenvalue weighted by Gasteiger charge is 2.57. The number of fused-ring (bicyclic) bond motifs is 1. The van der Waals surface area contributed by atoms with Gasteiger partial charge in [-0.3, -0.25) is 4.79 Å². The normalized spacial score (nSPS) is 19.6. The van der Waals surface area contributed by atoms with Gasteiger partial charge in [0.1, 0.15) is 5.75 Å². The Hall–Kier alpha value is -4.47. The molecule has 2 aliphatic rings. The van der Waals surface area contributed by atoms with Crippen LogP contribution in [0.15, 0.2) is 119 Å². The summed E-state index contributed by atoms with van der Waals surface area (Å²) in [5.74, 6) is 0.444. The number of sulfone groups is 1. The van der Waals surface area contributed by atoms with Crippen molar-refractivity contribution in [2.75, 3.05) is 30.4 Å². The average Bonchev–Trinajstić information content (AvgIpc) is 3.42. The van der Waals surface area contributed by atoms with Gasteiger partial charge in [0, 0.05) is 37.2 Å². The van der Waals surface area contributed by atoms with Crippen LogP contribution in [0.5, 0.6) is 5.75 Å². The fourth-order valence-electron chi connectivity index (χ4n) is 5.63. The zero-order valence-corrected chi connectivity index (χ0v) is 24.3. The second-order valence-corrected chi connectivity index (χ2v) is 12.7. The van der Waals surface area contributed by atoms with E-state index in [-0.39, 0.29) is 29.7 Å². The molecule has 1 spiro atoms. The molecule has 220 valence electrons. The zero-order chi connectivity index (χ0) is 29.9. The molecular formula is C34H32N2O6S. The van der Waals surface area contributed by atoms with Gasteiger partial charge in [0.05, 0.1) is 17.3 Å². The molecular weight excluding hydrogens is 564 g/mol. The Balaban J connectivity index is 1.38. The molecule has 1 amide bonds. The highest BCUT2D eigenvalue weighted by atomic mass is 32.2. The molecule has 2 aliphatic heterocycles. The maximum absolute atomic E-state index is 14.6. The minimum Gasteiger partial charge on any atom is -0.494 e. The summed E-state index contributed by atoms with van der Waals surface area (Å²) in [6.45, 7) is 0.426. The fraction of sp³-hybridized carbons (Fsp3) is 0.235. The molecule has 0 fully saturated rings. The standard InChI is InChI=1S/C34H32N2O6S/c37-21-9-22-41-28-18-16-26(17-19-28)32-35-34(31(42-32)25-10-3-1-4-11-25)24-27-12-7-8-15-30(27)36(33(34)38)20-23-43(39,40)29-13-5-2-6-14-29/h1-8,10-19,31,37H,9,20-24H2/t31-,34-/m1/s1. The molecule has 8 nitrogen and oxygen atoms in total. The number of anilines is 1. The van der Waals surface area contributed by atoms with Gasteiger partial charge in [-0.05, 0) is 53.6 Å². The Labute approximate surface area is 251 Å². The minimum atomic E-state index is -3.64. The lowest BCUT2D eigenvalue weighted by molar-refractivity contribution is -0.126. The zero-order valence-electron chi connectivity index (χ0n) is 23.5. The lowest BCUT2D eigenvalue weighted by Crippen LogP contribution is -2.56. The van der Waals surface area contributed by atoms with E-state index in [0.29, 0.717) is 42.3 Å². The van der Waals surface area contributed by atoms with Gasteiger partial charge in [-0.1, -0.05) is 66.7 Å². The minimum absolute atomic E-state index is 0.0267. The van der Waals surface area contributed by atoms with Gasteiger partial charge in [-0.2, -0.15) is 0 Å². The van der Waals surface area contributed by atoms with Crippen LogP contribution in [0, 0.1) is 0 Å². The van der Waals surface area contributed by atoms with Gasteiger partial charge in [-0.15, -0.1) is 0 Å². The molecule has 43 heavy (non-hydrogen) atoms. The van der Waals surface area contributed by atoms with E-state index >= 15 is 0 Å². The van der Waals surface area contributed by atoms with Gasteiger partial charge in [0.2, 0.25) is 5.90 Å². The molecule has 4 aromatic carbocycles. The van der Waals surface area contributed by atoms with Crippen molar-refractivity contribution in [2.45, 2.75) is 29.4 Å². The van der Waals surface area contributed by atoms with Crippen LogP contribution in [-0.4, -0.2) is 56.4 Å². The third kappa shape index (κ3) is 5.66. The van der Waals surface area contributed by atoms with Crippen LogP contribution in [0.2, 0.25) is 0 Å². The van der Waals surface area contributed by atoms with Crippen molar-refractivity contribution in [1.29, 1.82) is 0 Å². The van der Waals surface area contributed by atoms with E-state index in [1.165, 1.54) is 0 Å². The molecule has 9 heteroatoms. The molecule has 0 unspecified atom stereocenters. The van der Waals surface area contributed by atoms with Crippen molar-refractivity contribution in [3.8, 4) is 5.75 Å². The predicted molar refractivity (Wildman–Crippen MR) is 164 cm³/mol. The fourth-order valence-corrected chi connectivity index (χ4v) is 6.86. The third-order valence-electron chi connectivity index (χ3n) is 7.78. The van der Waals surface area contributed by atoms with Crippen molar-refractivity contribution in [2.24, 2.45) is 4.99 Å². The van der Waals surface area contributed by atoms with Gasteiger partial charge >= 0.3 is 0 Å². The second kappa shape index (κ2) is 12.0. The molecule has 0 saturated carbocycles. The van der Waals surface area contributed by atoms with Crippen molar-refractivity contribution >= 4 is 27.3 Å². The number of aliphatic hydroxyl groups is 1. The van der Waals surface area contributed by atoms with Gasteiger partial charge in [0.25, 0.3) is 5.91 Å². The Morgan fingerprint density at radius 3 is 2.30 bits per heavy atom.